The molecule has 1 aromatic rings. The fourth-order valence-corrected chi connectivity index (χ4v) is 1.22. The lowest BCUT2D eigenvalue weighted by Crippen LogP contribution is -1.91. The van der Waals surface area contributed by atoms with E-state index < -0.39 is 0 Å². The van der Waals surface area contributed by atoms with Gasteiger partial charge in [0, 0.05) is 10.9 Å². The Hall–Kier alpha value is -1.00. The Labute approximate surface area is 76.4 Å². The smallest absolute Gasteiger partial charge is 0.123 e. The maximum Gasteiger partial charge on any atom is 0.123 e. The molecule has 2 heteroatoms. The largest absolute Gasteiger partial charge is 0.207 e. The molecular formula is C10H8ClF. The minimum atomic E-state index is -0.309. The summed E-state index contributed by atoms with van der Waals surface area (Å²) in [4.78, 5) is 0. The fourth-order valence-electron chi connectivity index (χ4n) is 0.936. The molecule has 1 unspecified atom stereocenters. The van der Waals surface area contributed by atoms with E-state index in [1.54, 1.807) is 6.92 Å². The topological polar surface area (TPSA) is 0 Å². The van der Waals surface area contributed by atoms with Crippen LogP contribution in [0.1, 0.15) is 18.4 Å². The highest BCUT2D eigenvalue weighted by Gasteiger charge is 2.07. The van der Waals surface area contributed by atoms with Crippen LogP contribution in [0.4, 0.5) is 4.39 Å². The molecule has 0 spiro atoms. The first kappa shape index (κ1) is 9.09. The van der Waals surface area contributed by atoms with Crippen molar-refractivity contribution in [1.82, 2.24) is 0 Å². The lowest BCUT2D eigenvalue weighted by atomic mass is 10.0. The highest BCUT2D eigenvalue weighted by Crippen LogP contribution is 2.24. The van der Waals surface area contributed by atoms with Gasteiger partial charge in [-0.1, -0.05) is 17.5 Å². The van der Waals surface area contributed by atoms with E-state index in [4.69, 9.17) is 18.0 Å². The summed E-state index contributed by atoms with van der Waals surface area (Å²) >= 11 is 5.81. The van der Waals surface area contributed by atoms with E-state index in [0.717, 1.165) is 0 Å². The first-order chi connectivity index (χ1) is 5.65. The minimum absolute atomic E-state index is 0.145. The summed E-state index contributed by atoms with van der Waals surface area (Å²) in [6.45, 7) is 1.81. The predicted molar refractivity (Wildman–Crippen MR) is 48.7 cm³/mol. The van der Waals surface area contributed by atoms with Crippen LogP contribution in [0.15, 0.2) is 18.2 Å². The maximum atomic E-state index is 12.7. The SMILES string of the molecule is C#CC(C)c1cc(F)ccc1Cl. The molecule has 0 saturated heterocycles. The van der Waals surface area contributed by atoms with Gasteiger partial charge in [-0.25, -0.2) is 4.39 Å². The lowest BCUT2D eigenvalue weighted by molar-refractivity contribution is 0.625. The highest BCUT2D eigenvalue weighted by molar-refractivity contribution is 6.31. The zero-order valence-corrected chi connectivity index (χ0v) is 7.40. The lowest BCUT2D eigenvalue weighted by Gasteiger charge is -2.06. The molecule has 1 atom stereocenters. The van der Waals surface area contributed by atoms with Gasteiger partial charge in [-0.3, -0.25) is 0 Å². The fraction of sp³-hybridized carbons (Fsp3) is 0.200. The van der Waals surface area contributed by atoms with Crippen molar-refractivity contribution in [3.63, 3.8) is 0 Å². The van der Waals surface area contributed by atoms with Crippen molar-refractivity contribution in [3.05, 3.63) is 34.6 Å². The van der Waals surface area contributed by atoms with Crippen LogP contribution in [0.25, 0.3) is 0 Å². The van der Waals surface area contributed by atoms with Crippen LogP contribution >= 0.6 is 11.6 Å². The van der Waals surface area contributed by atoms with Crippen molar-refractivity contribution >= 4 is 11.6 Å². The number of hydrogen-bond donors (Lipinski definition) is 0. The average molecular weight is 183 g/mol. The van der Waals surface area contributed by atoms with Crippen LogP contribution in [0.2, 0.25) is 5.02 Å². The minimum Gasteiger partial charge on any atom is -0.207 e. The van der Waals surface area contributed by atoms with Gasteiger partial charge in [-0.15, -0.1) is 6.42 Å². The van der Waals surface area contributed by atoms with E-state index in [1.165, 1.54) is 18.2 Å². The van der Waals surface area contributed by atoms with Gasteiger partial charge < -0.3 is 0 Å². The first-order valence-corrected chi connectivity index (χ1v) is 3.94. The Morgan fingerprint density at radius 1 is 1.58 bits per heavy atom. The van der Waals surface area contributed by atoms with Crippen LogP contribution in [-0.4, -0.2) is 0 Å². The summed E-state index contributed by atoms with van der Waals surface area (Å²) in [5, 5.41) is 0.516. The van der Waals surface area contributed by atoms with E-state index >= 15 is 0 Å². The third-order valence-corrected chi connectivity index (χ3v) is 2.02. The Kier molecular flexibility index (Phi) is 2.73. The van der Waals surface area contributed by atoms with Crippen molar-refractivity contribution in [2.45, 2.75) is 12.8 Å². The van der Waals surface area contributed by atoms with Gasteiger partial charge in [0.05, 0.1) is 0 Å². The molecule has 0 N–H and O–H groups in total. The third-order valence-electron chi connectivity index (χ3n) is 1.67. The van der Waals surface area contributed by atoms with Crippen LogP contribution in [0, 0.1) is 18.2 Å². The van der Waals surface area contributed by atoms with Gasteiger partial charge in [-0.2, -0.15) is 0 Å². The van der Waals surface area contributed by atoms with Gasteiger partial charge in [-0.05, 0) is 30.7 Å². The molecule has 12 heavy (non-hydrogen) atoms. The highest BCUT2D eigenvalue weighted by atomic mass is 35.5. The van der Waals surface area contributed by atoms with Gasteiger partial charge in [0.2, 0.25) is 0 Å². The summed E-state index contributed by atoms with van der Waals surface area (Å²) in [6.07, 6.45) is 5.19. The zero-order chi connectivity index (χ0) is 9.14. The summed E-state index contributed by atoms with van der Waals surface area (Å²) in [6, 6.07) is 4.20. The van der Waals surface area contributed by atoms with Crippen LogP contribution in [0.3, 0.4) is 0 Å². The van der Waals surface area contributed by atoms with E-state index in [1.807, 2.05) is 0 Å². The van der Waals surface area contributed by atoms with E-state index in [9.17, 15) is 4.39 Å². The van der Waals surface area contributed by atoms with Gasteiger partial charge in [0.15, 0.2) is 0 Å². The van der Waals surface area contributed by atoms with Crippen LogP contribution in [-0.2, 0) is 0 Å². The molecular weight excluding hydrogens is 175 g/mol. The van der Waals surface area contributed by atoms with Crippen LogP contribution in [0.5, 0.6) is 0 Å². The standard InChI is InChI=1S/C10H8ClF/c1-3-7(2)9-6-8(12)4-5-10(9)11/h1,4-7H,2H3. The molecule has 1 aromatic carbocycles. The average Bonchev–Trinajstić information content (AvgIpc) is 2.08. The molecule has 0 heterocycles. The van der Waals surface area contributed by atoms with Crippen molar-refractivity contribution in [3.8, 4) is 12.3 Å². The molecule has 0 fully saturated rings. The molecule has 0 bridgehead atoms. The number of benzene rings is 1. The first-order valence-electron chi connectivity index (χ1n) is 3.56. The van der Waals surface area contributed by atoms with E-state index in [-0.39, 0.29) is 11.7 Å². The second kappa shape index (κ2) is 3.60. The quantitative estimate of drug-likeness (QED) is 0.585. The Bertz CT molecular complexity index is 325. The van der Waals surface area contributed by atoms with Crippen molar-refractivity contribution in [2.24, 2.45) is 0 Å². The number of rotatable bonds is 1. The van der Waals surface area contributed by atoms with Gasteiger partial charge in [0.1, 0.15) is 5.82 Å². The molecule has 0 nitrogen and oxygen atoms in total. The second-order valence-corrected chi connectivity index (χ2v) is 2.96. The van der Waals surface area contributed by atoms with Gasteiger partial charge >= 0.3 is 0 Å². The van der Waals surface area contributed by atoms with Crippen molar-refractivity contribution in [1.29, 1.82) is 0 Å². The summed E-state index contributed by atoms with van der Waals surface area (Å²) in [5.41, 5.74) is 0.666. The molecule has 0 amide bonds. The summed E-state index contributed by atoms with van der Waals surface area (Å²) < 4.78 is 12.7. The molecule has 62 valence electrons. The maximum absolute atomic E-state index is 12.7. The van der Waals surface area contributed by atoms with E-state index in [2.05, 4.69) is 5.92 Å². The van der Waals surface area contributed by atoms with Crippen molar-refractivity contribution in [2.75, 3.05) is 0 Å². The third kappa shape index (κ3) is 1.78. The Morgan fingerprint density at radius 3 is 2.83 bits per heavy atom. The van der Waals surface area contributed by atoms with Crippen molar-refractivity contribution < 1.29 is 4.39 Å². The molecule has 0 saturated carbocycles. The van der Waals surface area contributed by atoms with Crippen LogP contribution < -0.4 is 0 Å². The summed E-state index contributed by atoms with van der Waals surface area (Å²) in [7, 11) is 0. The molecule has 1 rings (SSSR count). The van der Waals surface area contributed by atoms with E-state index in [0.29, 0.717) is 10.6 Å². The number of terminal acetylenes is 1. The molecule has 0 aliphatic carbocycles. The van der Waals surface area contributed by atoms with Gasteiger partial charge in [0.25, 0.3) is 0 Å². The monoisotopic (exact) mass is 182 g/mol. The molecule has 0 aliphatic rings. The normalized spacial score (nSPS) is 12.2. The zero-order valence-electron chi connectivity index (χ0n) is 6.64. The Balaban J connectivity index is 3.15. The second-order valence-electron chi connectivity index (χ2n) is 2.55. The summed E-state index contributed by atoms with van der Waals surface area (Å²) in [5.74, 6) is 2.04. The Morgan fingerprint density at radius 2 is 2.25 bits per heavy atom. The molecule has 0 aliphatic heterocycles. The molecule has 0 radical (unpaired) electrons. The number of halogens is 2. The predicted octanol–water partition coefficient (Wildman–Crippen LogP) is 3.22. The number of hydrogen-bond acceptors (Lipinski definition) is 0. The molecule has 0 aromatic heterocycles.